The monoisotopic (exact) mass is 1360 g/mol. The second-order valence-electron chi connectivity index (χ2n) is 22.4. The number of aliphatic hydroxyl groups excluding tert-OH is 9. The highest BCUT2D eigenvalue weighted by atomic mass is 16.7. The number of hydrogen-bond acceptors (Lipinski definition) is 34. The van der Waals surface area contributed by atoms with Gasteiger partial charge in [-0.15, -0.1) is 0 Å². The van der Waals surface area contributed by atoms with E-state index in [0.29, 0.717) is 0 Å². The minimum Gasteiger partial charge on any atom is -0.508 e. The number of hydrogen-bond donors (Lipinski definition) is 22. The Morgan fingerprint density at radius 2 is 0.670 bits per heavy atom. The lowest BCUT2D eigenvalue weighted by atomic mass is 9.98. The van der Waals surface area contributed by atoms with Gasteiger partial charge in [-0.3, -0.25) is 14.4 Å². The Morgan fingerprint density at radius 3 is 1.06 bits per heavy atom. The van der Waals surface area contributed by atoms with Crippen molar-refractivity contribution in [2.24, 2.45) is 0 Å². The van der Waals surface area contributed by atoms with Gasteiger partial charge in [-0.25, -0.2) is 0 Å². The van der Waals surface area contributed by atoms with Gasteiger partial charge in [-0.05, 0) is 68.4 Å². The second kappa shape index (κ2) is 27.3. The van der Waals surface area contributed by atoms with Gasteiger partial charge in [0.2, 0.25) is 46.1 Å². The number of phenols is 12. The molecule has 3 aliphatic heterocycles. The van der Waals surface area contributed by atoms with E-state index in [0.717, 1.165) is 72.8 Å². The van der Waals surface area contributed by atoms with Crippen LogP contribution in [0.5, 0.6) is 86.2 Å². The number of aliphatic hydroxyl groups is 9. The summed E-state index contributed by atoms with van der Waals surface area (Å²) in [5.74, 6) is -8.84. The maximum Gasteiger partial charge on any atom is 0.239 e. The van der Waals surface area contributed by atoms with Crippen LogP contribution in [0.2, 0.25) is 0 Å². The van der Waals surface area contributed by atoms with Crippen LogP contribution in [-0.4, -0.2) is 211 Å². The fourth-order valence-electron chi connectivity index (χ4n) is 10.4. The lowest BCUT2D eigenvalue weighted by Crippen LogP contribution is -2.61. The first kappa shape index (κ1) is 69.3. The number of rotatable bonds is 10. The fraction of sp³-hybridized carbons (Fsp3) is 0.286. The summed E-state index contributed by atoms with van der Waals surface area (Å²) in [6.07, 6.45) is -23.5. The lowest BCUT2D eigenvalue weighted by molar-refractivity contribution is -0.318. The Labute approximate surface area is 539 Å². The Hall–Kier alpha value is -10.6. The van der Waals surface area contributed by atoms with Crippen molar-refractivity contribution in [3.8, 4) is 120 Å². The summed E-state index contributed by atoms with van der Waals surface area (Å²) in [4.78, 5) is 38.9. The molecule has 0 spiro atoms. The lowest BCUT2D eigenvalue weighted by Gasteiger charge is -2.42. The van der Waals surface area contributed by atoms with Crippen molar-refractivity contribution in [1.29, 1.82) is 0 Å². The highest BCUT2D eigenvalue weighted by Gasteiger charge is 2.49. The first-order valence-electron chi connectivity index (χ1n) is 28.6. The van der Waals surface area contributed by atoms with Crippen molar-refractivity contribution in [3.05, 3.63) is 122 Å². The molecule has 15 atom stereocenters. The molecule has 22 N–H and O–H groups in total. The first-order chi connectivity index (χ1) is 45.7. The quantitative estimate of drug-likeness (QED) is 0.0842. The van der Waals surface area contributed by atoms with E-state index < -0.39 is 195 Å². The van der Waals surface area contributed by atoms with Crippen molar-refractivity contribution in [3.63, 3.8) is 0 Å². The van der Waals surface area contributed by atoms with E-state index in [1.54, 1.807) is 0 Å². The Kier molecular flexibility index (Phi) is 19.5. The standard InChI is InChI=1S/C27H30O16.C21H20O11.C15H10O7/c1-8-17(32)20(35)22(37)26(40-8)39-7-15-18(33)21(36)23(38)27(42-15)43-25-19(34)16-13(31)5-10(28)6-14(16)41-24(25)9-2-3-11(29)12(30)4-9;1-7-15(26)17(28)18(29)21(30-7)32-20-16(27)14-12(25)5-9(22)6-13(14)31-19(20)8-2-3-10(23)11(24)4-8;16-7-4-10(19)12-11(5-7)22-15(14(21)13(12)20)6-1-2-8(17)9(18)3-6/h2-6,8,15,17-18,20-23,26-33,35-38H,7H2,1H3;2-7,15,17-18,21-26,28-29H,1H3;1-5,16-19,21H/t8?,15?,17-,18+,20-,21?,22?,23?,26+,27-;7-,15-,17+,18+,21-;/m00./s1. The maximum atomic E-state index is 13.6. The SMILES string of the molecule is CC1O[C@@H](OCC2O[C@@H](Oc3c(-c4ccc(O)c(O)c4)oc4cc(O)cc(O)c4c3=O)C(O)C(O)[C@@H]2O)C(O)[C@@H](O)[C@H]1O.C[C@@H]1O[C@@H](Oc2c(-c3ccc(O)c(O)c3)oc3cc(O)cc(O)c3c2=O)[C@H](O)[C@H](O)[C@H]1O.O=c1c(O)c(-c2ccc(O)c(O)c2)oc2cc(O)cc(O)c12. The normalized spacial score (nSPS) is 25.6. The summed E-state index contributed by atoms with van der Waals surface area (Å²) in [5.41, 5.74) is -3.29. The molecule has 9 aromatic rings. The predicted octanol–water partition coefficient (Wildman–Crippen LogP) is 0.790. The molecule has 0 amide bonds. The number of ether oxygens (including phenoxy) is 6. The van der Waals surface area contributed by atoms with Crippen LogP contribution >= 0.6 is 0 Å². The van der Waals surface area contributed by atoms with Gasteiger partial charge in [0.05, 0.1) is 18.8 Å². The third kappa shape index (κ3) is 13.6. The van der Waals surface area contributed by atoms with Gasteiger partial charge < -0.3 is 154 Å². The summed E-state index contributed by atoms with van der Waals surface area (Å²) in [6.45, 7) is 2.24. The molecule has 516 valence electrons. The largest absolute Gasteiger partial charge is 0.508 e. The molecule has 34 heteroatoms. The van der Waals surface area contributed by atoms with Crippen molar-refractivity contribution in [1.82, 2.24) is 0 Å². The van der Waals surface area contributed by atoms with E-state index in [1.165, 1.54) is 32.0 Å². The number of phenolic OH excluding ortho intramolecular Hbond substituents is 12. The minimum absolute atomic E-state index is 0.0313. The van der Waals surface area contributed by atoms with Crippen molar-refractivity contribution in [2.45, 2.75) is 106 Å². The molecule has 5 unspecified atom stereocenters. The van der Waals surface area contributed by atoms with Crippen LogP contribution in [0.3, 0.4) is 0 Å². The van der Waals surface area contributed by atoms with Gasteiger partial charge in [0.25, 0.3) is 0 Å². The minimum atomic E-state index is -1.97. The zero-order valence-corrected chi connectivity index (χ0v) is 49.8. The van der Waals surface area contributed by atoms with E-state index in [4.69, 9.17) is 41.7 Å². The smallest absolute Gasteiger partial charge is 0.239 e. The van der Waals surface area contributed by atoms with E-state index >= 15 is 0 Å². The third-order valence-corrected chi connectivity index (χ3v) is 15.7. The molecule has 3 aliphatic rings. The summed E-state index contributed by atoms with van der Waals surface area (Å²) < 4.78 is 49.8. The molecule has 0 saturated carbocycles. The molecule has 0 radical (unpaired) electrons. The molecule has 0 bridgehead atoms. The number of fused-ring (bicyclic) bond motifs is 3. The molecule has 12 rings (SSSR count). The molecule has 3 fully saturated rings. The average Bonchev–Trinajstić information content (AvgIpc) is 0.769. The van der Waals surface area contributed by atoms with E-state index in [-0.39, 0.29) is 73.0 Å². The zero-order valence-electron chi connectivity index (χ0n) is 49.8. The van der Waals surface area contributed by atoms with Crippen molar-refractivity contribution in [2.75, 3.05) is 6.61 Å². The Bertz CT molecular complexity index is 4640. The van der Waals surface area contributed by atoms with E-state index in [9.17, 15) is 127 Å². The van der Waals surface area contributed by atoms with Crippen molar-refractivity contribution < 1.29 is 154 Å². The zero-order chi connectivity index (χ0) is 70.7. The summed E-state index contributed by atoms with van der Waals surface area (Å²) >= 11 is 0. The molecule has 0 aliphatic carbocycles. The van der Waals surface area contributed by atoms with Crippen LogP contribution in [0.15, 0.2) is 119 Å². The average molecular weight is 1360 g/mol. The molecule has 34 nitrogen and oxygen atoms in total. The number of benzene rings is 6. The molecule has 3 aromatic heterocycles. The Balaban J connectivity index is 0.000000167. The molecule has 97 heavy (non-hydrogen) atoms. The molecular formula is C63H60O34. The van der Waals surface area contributed by atoms with E-state index in [2.05, 4.69) is 0 Å². The van der Waals surface area contributed by atoms with E-state index in [1.807, 2.05) is 0 Å². The van der Waals surface area contributed by atoms with Crippen LogP contribution < -0.4 is 25.8 Å². The van der Waals surface area contributed by atoms with Crippen LogP contribution in [0.1, 0.15) is 13.8 Å². The highest BCUT2D eigenvalue weighted by Crippen LogP contribution is 2.43. The van der Waals surface area contributed by atoms with Gasteiger partial charge in [-0.1, -0.05) is 0 Å². The highest BCUT2D eigenvalue weighted by molar-refractivity contribution is 5.91. The summed E-state index contributed by atoms with van der Waals surface area (Å²) in [6, 6.07) is 16.4. The van der Waals surface area contributed by atoms with Gasteiger partial charge in [0, 0.05) is 53.1 Å². The van der Waals surface area contributed by atoms with Crippen LogP contribution in [0.4, 0.5) is 0 Å². The fourth-order valence-corrected chi connectivity index (χ4v) is 10.4. The van der Waals surface area contributed by atoms with Crippen LogP contribution in [0.25, 0.3) is 66.9 Å². The third-order valence-electron chi connectivity index (χ3n) is 15.7. The Morgan fingerprint density at radius 1 is 0.340 bits per heavy atom. The van der Waals surface area contributed by atoms with Crippen LogP contribution in [-0.2, 0) is 18.9 Å². The maximum absolute atomic E-state index is 13.6. The van der Waals surface area contributed by atoms with Gasteiger partial charge in [0.1, 0.15) is 128 Å². The first-order valence-corrected chi connectivity index (χ1v) is 28.6. The summed E-state index contributed by atoms with van der Waals surface area (Å²) in [5, 5.41) is 218. The summed E-state index contributed by atoms with van der Waals surface area (Å²) in [7, 11) is 0. The molecular weight excluding hydrogens is 1300 g/mol. The topological polar surface area (TPSA) is 591 Å². The van der Waals surface area contributed by atoms with Gasteiger partial charge in [0.15, 0.2) is 58.1 Å². The molecule has 6 heterocycles. The second-order valence-corrected chi connectivity index (χ2v) is 22.4. The predicted molar refractivity (Wildman–Crippen MR) is 324 cm³/mol. The molecule has 6 aromatic carbocycles. The molecule has 3 saturated heterocycles. The number of aromatic hydroxyl groups is 13. The van der Waals surface area contributed by atoms with Crippen molar-refractivity contribution >= 4 is 32.9 Å². The van der Waals surface area contributed by atoms with Crippen LogP contribution in [0, 0.1) is 0 Å². The van der Waals surface area contributed by atoms with Gasteiger partial charge in [-0.2, -0.15) is 0 Å². The van der Waals surface area contributed by atoms with Gasteiger partial charge >= 0.3 is 0 Å².